The number of carbonyl (C=O) groups excluding carboxylic acids is 2. The largest absolute Gasteiger partial charge is 0.481 e. The number of carboxylic acids is 3. The molecule has 26 nitrogen and oxygen atoms in total. The van der Waals surface area contributed by atoms with Gasteiger partial charge in [0.15, 0.2) is 5.71 Å². The van der Waals surface area contributed by atoms with Crippen LogP contribution in [0.5, 0.6) is 5.75 Å². The highest BCUT2D eigenvalue weighted by molar-refractivity contribution is 7.86. The van der Waals surface area contributed by atoms with Crippen molar-refractivity contribution in [3.63, 3.8) is 0 Å². The molecule has 3 amide bonds. The zero-order valence-corrected chi connectivity index (χ0v) is 51.4. The summed E-state index contributed by atoms with van der Waals surface area (Å²) in [7, 11) is -17.8. The van der Waals surface area contributed by atoms with Crippen LogP contribution in [-0.2, 0) is 76.9 Å². The van der Waals surface area contributed by atoms with Crippen molar-refractivity contribution >= 4 is 87.4 Å². The lowest BCUT2D eigenvalue weighted by Crippen LogP contribution is -2.51. The highest BCUT2D eigenvalue weighted by atomic mass is 32.2. The molecule has 0 spiro atoms. The Kier molecular flexibility index (Phi) is 22.3. The van der Waals surface area contributed by atoms with Crippen molar-refractivity contribution in [1.82, 2.24) is 16.0 Å². The number of hydrogen-bond donors (Lipinski definition) is 10. The quantitative estimate of drug-likeness (QED) is 0.0205. The third kappa shape index (κ3) is 18.8. The third-order valence-corrected chi connectivity index (χ3v) is 18.5. The first-order valence-electron chi connectivity index (χ1n) is 27.6. The molecule has 474 valence electrons. The van der Waals surface area contributed by atoms with E-state index < -0.39 is 118 Å². The lowest BCUT2D eigenvalue weighted by Gasteiger charge is -2.27. The second-order valence-electron chi connectivity index (χ2n) is 22.2. The molecule has 0 aromatic heterocycles. The Morgan fingerprint density at radius 3 is 1.83 bits per heavy atom. The van der Waals surface area contributed by atoms with E-state index in [0.29, 0.717) is 83.9 Å². The normalized spacial score (nSPS) is 17.5. The monoisotopic (exact) mass is 1290 g/mol. The Balaban J connectivity index is 1.32. The highest BCUT2D eigenvalue weighted by Crippen LogP contribution is 2.49. The van der Waals surface area contributed by atoms with Crippen LogP contribution in [0.4, 0.5) is 16.2 Å². The molecular weight excluding hydrogens is 1220 g/mol. The predicted molar refractivity (Wildman–Crippen MR) is 318 cm³/mol. The molecule has 0 saturated carbocycles. The summed E-state index contributed by atoms with van der Waals surface area (Å²) in [5.41, 5.74) is 4.11. The maximum absolute atomic E-state index is 12.8. The van der Waals surface area contributed by atoms with Gasteiger partial charge in [0.05, 0.1) is 26.7 Å². The van der Waals surface area contributed by atoms with Crippen LogP contribution in [0.3, 0.4) is 0 Å². The van der Waals surface area contributed by atoms with Gasteiger partial charge in [-0.3, -0.25) is 27.8 Å². The molecule has 3 aliphatic rings. The molecule has 3 aromatic carbocycles. The van der Waals surface area contributed by atoms with Crippen LogP contribution in [0.15, 0.2) is 117 Å². The maximum atomic E-state index is 12.8. The van der Waals surface area contributed by atoms with Gasteiger partial charge in [0.25, 0.3) is 40.5 Å². The minimum absolute atomic E-state index is 0.105. The van der Waals surface area contributed by atoms with Crippen LogP contribution in [-0.4, -0.2) is 151 Å². The summed E-state index contributed by atoms with van der Waals surface area (Å²) < 4.78 is 144. The fourth-order valence-corrected chi connectivity index (χ4v) is 12.8. The van der Waals surface area contributed by atoms with Gasteiger partial charge in [-0.15, -0.1) is 0 Å². The number of aliphatic carboxylic acids is 3. The predicted octanol–water partition coefficient (Wildman–Crippen LogP) is 6.08. The summed E-state index contributed by atoms with van der Waals surface area (Å²) >= 11 is 0. The number of ether oxygens (including phenoxy) is 1. The number of carbonyl (C=O) groups is 5. The summed E-state index contributed by atoms with van der Waals surface area (Å²) in [4.78, 5) is 60.9. The Morgan fingerprint density at radius 1 is 0.678 bits per heavy atom. The highest BCUT2D eigenvalue weighted by Gasteiger charge is 2.45. The van der Waals surface area contributed by atoms with Gasteiger partial charge in [0.2, 0.25) is 11.6 Å². The molecule has 0 bridgehead atoms. The average molecular weight is 1290 g/mol. The molecule has 0 unspecified atom stereocenters. The molecule has 2 aliphatic heterocycles. The molecule has 1 aliphatic carbocycles. The van der Waals surface area contributed by atoms with Crippen LogP contribution in [0.1, 0.15) is 115 Å². The molecule has 6 rings (SSSR count). The summed E-state index contributed by atoms with van der Waals surface area (Å²) in [6, 6.07) is 11.0. The van der Waals surface area contributed by atoms with Crippen molar-refractivity contribution in [3.05, 3.63) is 124 Å². The molecule has 0 fully saturated rings. The first-order chi connectivity index (χ1) is 40.5. The lowest BCUT2D eigenvalue weighted by molar-refractivity contribution is -0.438. The summed E-state index contributed by atoms with van der Waals surface area (Å²) in [5.74, 6) is -5.00. The van der Waals surface area contributed by atoms with E-state index in [1.165, 1.54) is 24.3 Å². The van der Waals surface area contributed by atoms with E-state index in [2.05, 4.69) is 10.6 Å². The zero-order valence-electron chi connectivity index (χ0n) is 48.1. The standard InChI is InChI=1S/C57H71N5O21S4/c1-56(2)42-34-40(86(77,78)79)18-22-46(42)61(30-5-7-32-84(71,72)73)48(56)24-14-37-10-9-11-38(15-25-49-57(3,4)43-35-41(87(80,81)82)19-23-47(43)62(49)31-6-8-33-85(74,75)76)52(37)83-39-16-12-36(13-17-39)28-29-58-50(63)26-20-44(53(66)67)59-55(70)60-45(54(68)69)21-27-51(64)65/h12-19,22-25,34-35,44-45H,5-11,20-21,26-33H2,1-4H3,(H9-,58,59,60,63,64,65,66,67,68,69,70,71,72,73,74,75,76,77,78,79,80,81,82)/p+1/t44-,45-/m0/s1. The number of amides is 3. The summed E-state index contributed by atoms with van der Waals surface area (Å²) in [6.07, 6.45) is 8.47. The van der Waals surface area contributed by atoms with Crippen LogP contribution in [0.2, 0.25) is 0 Å². The molecule has 2 atom stereocenters. The average Bonchev–Trinajstić information content (AvgIpc) is 1.65. The number of anilines is 1. The van der Waals surface area contributed by atoms with Gasteiger partial charge in [0, 0.05) is 66.9 Å². The summed E-state index contributed by atoms with van der Waals surface area (Å²) in [6.45, 7) is 8.11. The van der Waals surface area contributed by atoms with E-state index in [1.807, 2.05) is 66.8 Å². The van der Waals surface area contributed by atoms with Crippen molar-refractivity contribution in [2.24, 2.45) is 0 Å². The van der Waals surface area contributed by atoms with Gasteiger partial charge < -0.3 is 40.9 Å². The lowest BCUT2D eigenvalue weighted by atomic mass is 9.81. The topological polar surface area (TPSA) is 415 Å². The number of rotatable bonds is 30. The molecular formula is C57H72N5O21S4+. The van der Waals surface area contributed by atoms with E-state index >= 15 is 0 Å². The number of nitrogens with zero attached hydrogens (tertiary/aromatic N) is 2. The number of hydrogen-bond acceptors (Lipinski definition) is 15. The van der Waals surface area contributed by atoms with Crippen molar-refractivity contribution in [1.29, 1.82) is 0 Å². The number of nitrogens with one attached hydrogen (secondary N) is 3. The van der Waals surface area contributed by atoms with Gasteiger partial charge in [-0.25, -0.2) is 14.4 Å². The Bertz CT molecular complexity index is 3800. The van der Waals surface area contributed by atoms with E-state index in [9.17, 15) is 86.1 Å². The first-order valence-corrected chi connectivity index (χ1v) is 33.7. The van der Waals surface area contributed by atoms with Crippen LogP contribution < -0.4 is 25.6 Å². The SMILES string of the molecule is CC1(C)C(/C=C/C2=C(Oc3ccc(CCNC(=O)CC[C@H](NC(=O)N[C@@H](CCC(=O)O)C(=O)O)C(=O)O)cc3)C(=C/C=C3/N(CCCCS(=O)(=O)O)c4ccc(S(=O)(=O)O)cc4C3(C)C)/CCC2)=[N+](CCCCS(=O)(=O)O)c2ccc(S(=O)(=O)O)cc21. The minimum atomic E-state index is -4.62. The smallest absolute Gasteiger partial charge is 0.326 e. The van der Waals surface area contributed by atoms with Gasteiger partial charge >= 0.3 is 23.9 Å². The fraction of sp³-hybridized carbons (Fsp3) is 0.439. The number of allylic oxidation sites excluding steroid dienone is 7. The molecule has 3 aromatic rings. The molecule has 2 heterocycles. The van der Waals surface area contributed by atoms with Crippen molar-refractivity contribution in [2.45, 2.75) is 137 Å². The summed E-state index contributed by atoms with van der Waals surface area (Å²) in [5, 5.41) is 34.7. The van der Waals surface area contributed by atoms with Gasteiger partial charge in [-0.1, -0.05) is 32.1 Å². The van der Waals surface area contributed by atoms with E-state index in [4.69, 9.17) is 9.84 Å². The van der Waals surface area contributed by atoms with E-state index in [-0.39, 0.29) is 55.1 Å². The molecule has 87 heavy (non-hydrogen) atoms. The Morgan fingerprint density at radius 2 is 1.25 bits per heavy atom. The number of unbranched alkanes of at least 4 members (excludes halogenated alkanes) is 2. The first kappa shape index (κ1) is 68.8. The number of carboxylic acid groups (broad SMARTS) is 3. The molecule has 0 radical (unpaired) electrons. The second kappa shape index (κ2) is 28.2. The van der Waals surface area contributed by atoms with E-state index in [1.54, 1.807) is 36.4 Å². The van der Waals surface area contributed by atoms with Crippen molar-refractivity contribution < 1.29 is 100 Å². The second-order valence-corrected chi connectivity index (χ2v) is 28.2. The van der Waals surface area contributed by atoms with Crippen LogP contribution in [0.25, 0.3) is 0 Å². The van der Waals surface area contributed by atoms with Gasteiger partial charge in [-0.05, 0) is 149 Å². The van der Waals surface area contributed by atoms with Crippen molar-refractivity contribution in [2.75, 3.05) is 36.0 Å². The molecule has 0 saturated heterocycles. The molecule has 30 heteroatoms. The Labute approximate surface area is 504 Å². The van der Waals surface area contributed by atoms with Gasteiger partial charge in [-0.2, -0.15) is 38.2 Å². The van der Waals surface area contributed by atoms with Gasteiger partial charge in [0.1, 0.15) is 30.1 Å². The van der Waals surface area contributed by atoms with E-state index in [0.717, 1.165) is 16.7 Å². The third-order valence-electron chi connectivity index (χ3n) is 15.1. The zero-order chi connectivity index (χ0) is 64.5. The number of urea groups is 1. The van der Waals surface area contributed by atoms with Crippen molar-refractivity contribution in [3.8, 4) is 5.75 Å². The number of fused-ring (bicyclic) bond motifs is 2. The van der Waals surface area contributed by atoms with Crippen LogP contribution >= 0.6 is 0 Å². The fourth-order valence-electron chi connectivity index (χ4n) is 10.6. The Hall–Kier alpha value is -7.32. The number of benzene rings is 3. The molecule has 10 N–H and O–H groups in total. The minimum Gasteiger partial charge on any atom is -0.481 e. The maximum Gasteiger partial charge on any atom is 0.326 e. The van der Waals surface area contributed by atoms with Crippen LogP contribution in [0, 0.1) is 0 Å².